The molecule has 0 aliphatic rings. The number of unbranched alkanes of at least 4 members (excludes halogenated alkanes) is 1. The van der Waals surface area contributed by atoms with Crippen LogP contribution in [0.5, 0.6) is 5.75 Å². The zero-order valence-electron chi connectivity index (χ0n) is 20.0. The Hall–Kier alpha value is -2.97. The van der Waals surface area contributed by atoms with Crippen LogP contribution < -0.4 is 15.1 Å². The van der Waals surface area contributed by atoms with E-state index in [1.807, 2.05) is 20.8 Å². The molecule has 0 radical (unpaired) electrons. The summed E-state index contributed by atoms with van der Waals surface area (Å²) in [4.78, 5) is 25.3. The van der Waals surface area contributed by atoms with Gasteiger partial charge >= 0.3 is 11.6 Å². The SMILES string of the molecule is CCCCc1cc(=O)oc2cc(C)cc(OC(=O)C(CCC)NS(=O)(=O)c3ccc(C)cc3)c12. The van der Waals surface area contributed by atoms with Gasteiger partial charge in [-0.15, -0.1) is 0 Å². The van der Waals surface area contributed by atoms with Crippen molar-refractivity contribution in [2.75, 3.05) is 0 Å². The van der Waals surface area contributed by atoms with Crippen LogP contribution in [0.2, 0.25) is 0 Å². The van der Waals surface area contributed by atoms with Gasteiger partial charge in [-0.1, -0.05) is 44.4 Å². The minimum atomic E-state index is -3.92. The van der Waals surface area contributed by atoms with Crippen LogP contribution >= 0.6 is 0 Å². The van der Waals surface area contributed by atoms with Crippen LogP contribution in [-0.4, -0.2) is 20.4 Å². The van der Waals surface area contributed by atoms with E-state index in [-0.39, 0.29) is 17.1 Å². The second-order valence-electron chi connectivity index (χ2n) is 8.53. The Morgan fingerprint density at radius 3 is 2.38 bits per heavy atom. The molecule has 0 fully saturated rings. The second kappa shape index (κ2) is 11.0. The number of hydrogen-bond acceptors (Lipinski definition) is 6. The molecule has 34 heavy (non-hydrogen) atoms. The molecule has 0 spiro atoms. The van der Waals surface area contributed by atoms with Crippen molar-refractivity contribution in [1.29, 1.82) is 0 Å². The summed E-state index contributed by atoms with van der Waals surface area (Å²) in [6.45, 7) is 7.58. The molecular formula is C26H31NO6S. The first-order valence-corrected chi connectivity index (χ1v) is 13.0. The monoisotopic (exact) mass is 485 g/mol. The number of sulfonamides is 1. The van der Waals surface area contributed by atoms with E-state index in [4.69, 9.17) is 9.15 Å². The van der Waals surface area contributed by atoms with Crippen LogP contribution in [0.25, 0.3) is 11.0 Å². The van der Waals surface area contributed by atoms with Crippen LogP contribution in [0.1, 0.15) is 56.2 Å². The van der Waals surface area contributed by atoms with E-state index in [9.17, 15) is 18.0 Å². The Bertz CT molecular complexity index is 1330. The van der Waals surface area contributed by atoms with E-state index in [2.05, 4.69) is 4.72 Å². The highest BCUT2D eigenvalue weighted by atomic mass is 32.2. The van der Waals surface area contributed by atoms with Crippen molar-refractivity contribution < 1.29 is 22.4 Å². The Kier molecular flexibility index (Phi) is 8.28. The molecular weight excluding hydrogens is 454 g/mol. The fraction of sp³-hybridized carbons (Fsp3) is 0.385. The van der Waals surface area contributed by atoms with Crippen molar-refractivity contribution in [1.82, 2.24) is 4.72 Å². The van der Waals surface area contributed by atoms with E-state index < -0.39 is 27.7 Å². The van der Waals surface area contributed by atoms with Crippen molar-refractivity contribution >= 4 is 27.0 Å². The number of rotatable bonds is 10. The summed E-state index contributed by atoms with van der Waals surface area (Å²) in [6, 6.07) is 10.2. The summed E-state index contributed by atoms with van der Waals surface area (Å²) >= 11 is 0. The van der Waals surface area contributed by atoms with Crippen LogP contribution in [0.3, 0.4) is 0 Å². The maximum atomic E-state index is 13.2. The molecule has 8 heteroatoms. The number of hydrogen-bond donors (Lipinski definition) is 1. The lowest BCUT2D eigenvalue weighted by Crippen LogP contribution is -2.42. The highest BCUT2D eigenvalue weighted by Gasteiger charge is 2.28. The Morgan fingerprint density at radius 1 is 1.03 bits per heavy atom. The lowest BCUT2D eigenvalue weighted by Gasteiger charge is -2.18. The van der Waals surface area contributed by atoms with E-state index in [1.165, 1.54) is 18.2 Å². The number of nitrogens with one attached hydrogen (secondary N) is 1. The standard InChI is InChI=1S/C26H31NO6S/c1-5-7-9-19-16-24(28)32-22-14-18(4)15-23(25(19)22)33-26(29)21(8-6-2)27-34(30,31)20-12-10-17(3)11-13-20/h10-16,21,27H,5-9H2,1-4H3. The fourth-order valence-electron chi connectivity index (χ4n) is 3.78. The molecule has 1 unspecified atom stereocenters. The molecule has 0 bridgehead atoms. The molecule has 3 rings (SSSR count). The molecule has 0 saturated carbocycles. The van der Waals surface area contributed by atoms with Gasteiger partial charge < -0.3 is 9.15 Å². The molecule has 1 atom stereocenters. The molecule has 0 saturated heterocycles. The lowest BCUT2D eigenvalue weighted by atomic mass is 10.0. The molecule has 1 aromatic heterocycles. The zero-order chi connectivity index (χ0) is 24.9. The molecule has 182 valence electrons. The van der Waals surface area contributed by atoms with Gasteiger partial charge in [0.05, 0.1) is 10.3 Å². The molecule has 2 aromatic carbocycles. The predicted molar refractivity (Wildman–Crippen MR) is 132 cm³/mol. The molecule has 1 heterocycles. The number of esters is 1. The maximum Gasteiger partial charge on any atom is 0.336 e. The number of aryl methyl sites for hydroxylation is 3. The first kappa shape index (κ1) is 25.6. The number of benzene rings is 2. The third kappa shape index (κ3) is 6.12. The van der Waals surface area contributed by atoms with Crippen molar-refractivity contribution in [3.05, 3.63) is 69.6 Å². The van der Waals surface area contributed by atoms with E-state index in [0.29, 0.717) is 23.8 Å². The van der Waals surface area contributed by atoms with Crippen LogP contribution in [0, 0.1) is 13.8 Å². The predicted octanol–water partition coefficient (Wildman–Crippen LogP) is 4.81. The molecule has 3 aromatic rings. The average Bonchev–Trinajstić information content (AvgIpc) is 2.76. The quantitative estimate of drug-likeness (QED) is 0.251. The second-order valence-corrected chi connectivity index (χ2v) is 10.2. The summed E-state index contributed by atoms with van der Waals surface area (Å²) in [5.74, 6) is -0.456. The van der Waals surface area contributed by atoms with Gasteiger partial charge in [0.2, 0.25) is 10.0 Å². The molecule has 0 aliphatic carbocycles. The highest BCUT2D eigenvalue weighted by molar-refractivity contribution is 7.89. The number of fused-ring (bicyclic) bond motifs is 1. The van der Waals surface area contributed by atoms with Crippen LogP contribution in [0.15, 0.2) is 56.6 Å². The van der Waals surface area contributed by atoms with E-state index >= 15 is 0 Å². The smallest absolute Gasteiger partial charge is 0.336 e. The first-order valence-electron chi connectivity index (χ1n) is 11.5. The highest BCUT2D eigenvalue weighted by Crippen LogP contribution is 2.31. The van der Waals surface area contributed by atoms with Gasteiger partial charge in [-0.25, -0.2) is 18.0 Å². The summed E-state index contributed by atoms with van der Waals surface area (Å²) in [5, 5.41) is 0.559. The Labute approximate surface area is 200 Å². The largest absolute Gasteiger partial charge is 0.425 e. The molecule has 7 nitrogen and oxygen atoms in total. The zero-order valence-corrected chi connectivity index (χ0v) is 20.8. The Morgan fingerprint density at radius 2 is 1.74 bits per heavy atom. The summed E-state index contributed by atoms with van der Waals surface area (Å²) in [5.41, 5.74) is 2.30. The Balaban J connectivity index is 1.96. The molecule has 1 N–H and O–H groups in total. The number of ether oxygens (including phenoxy) is 1. The van der Waals surface area contributed by atoms with Crippen molar-refractivity contribution in [3.63, 3.8) is 0 Å². The summed E-state index contributed by atoms with van der Waals surface area (Å²) < 4.78 is 39.4. The van der Waals surface area contributed by atoms with Crippen molar-refractivity contribution in [2.24, 2.45) is 0 Å². The summed E-state index contributed by atoms with van der Waals surface area (Å²) in [6.07, 6.45) is 3.26. The minimum Gasteiger partial charge on any atom is -0.425 e. The van der Waals surface area contributed by atoms with Gasteiger partial charge in [0.25, 0.3) is 0 Å². The van der Waals surface area contributed by atoms with Gasteiger partial charge in [-0.05, 0) is 68.5 Å². The van der Waals surface area contributed by atoms with Gasteiger partial charge in [-0.2, -0.15) is 4.72 Å². The number of carbonyl (C=O) groups is 1. The van der Waals surface area contributed by atoms with Crippen LogP contribution in [0.4, 0.5) is 0 Å². The average molecular weight is 486 g/mol. The van der Waals surface area contributed by atoms with Crippen LogP contribution in [-0.2, 0) is 21.2 Å². The normalized spacial score (nSPS) is 12.6. The number of carbonyl (C=O) groups excluding carboxylic acids is 1. The topological polar surface area (TPSA) is 103 Å². The van der Waals surface area contributed by atoms with Crippen molar-refractivity contribution in [3.8, 4) is 5.75 Å². The molecule has 0 aliphatic heterocycles. The minimum absolute atomic E-state index is 0.0802. The van der Waals surface area contributed by atoms with Gasteiger partial charge in [0.1, 0.15) is 17.4 Å². The third-order valence-corrected chi connectivity index (χ3v) is 7.02. The molecule has 0 amide bonds. The lowest BCUT2D eigenvalue weighted by molar-refractivity contribution is -0.136. The summed E-state index contributed by atoms with van der Waals surface area (Å²) in [7, 11) is -3.92. The van der Waals surface area contributed by atoms with Gasteiger partial charge in [-0.3, -0.25) is 0 Å². The van der Waals surface area contributed by atoms with Gasteiger partial charge in [0, 0.05) is 6.07 Å². The fourth-order valence-corrected chi connectivity index (χ4v) is 5.00. The maximum absolute atomic E-state index is 13.2. The third-order valence-electron chi connectivity index (χ3n) is 5.53. The van der Waals surface area contributed by atoms with E-state index in [1.54, 1.807) is 31.2 Å². The first-order chi connectivity index (χ1) is 16.1. The van der Waals surface area contributed by atoms with Gasteiger partial charge in [0.15, 0.2) is 0 Å². The van der Waals surface area contributed by atoms with Crippen molar-refractivity contribution in [2.45, 2.75) is 70.7 Å². The van der Waals surface area contributed by atoms with E-state index in [0.717, 1.165) is 29.5 Å².